The molecule has 0 aromatic carbocycles. The van der Waals surface area contributed by atoms with Crippen LogP contribution in [0.5, 0.6) is 0 Å². The number of carbonyl (C=O) groups is 3. The molecule has 8 nitrogen and oxygen atoms in total. The van der Waals surface area contributed by atoms with Crippen molar-refractivity contribution in [2.24, 2.45) is 11.8 Å². The minimum atomic E-state index is -4.69. The second-order valence-corrected chi connectivity index (χ2v) is 5.09. The molecule has 138 valence electrons. The number of esters is 1. The van der Waals surface area contributed by atoms with Crippen LogP contribution in [0.15, 0.2) is 0 Å². The zero-order valence-corrected chi connectivity index (χ0v) is 13.0. The standard InChI is InChI=1S/C13H19F3N2O6/c1-2-24-10(19)7-23-4-3-17-12(22)18-5-8(11(20)21)9(6-18)13(14,15)16/h8-9H,2-7H2,1H3,(H,17,22)(H,20,21)/t8-,9-/m1/s1. The summed E-state index contributed by atoms with van der Waals surface area (Å²) in [6, 6.07) is -0.812. The fourth-order valence-electron chi connectivity index (χ4n) is 2.25. The van der Waals surface area contributed by atoms with E-state index < -0.39 is 49.1 Å². The molecule has 0 aromatic rings. The summed E-state index contributed by atoms with van der Waals surface area (Å²) < 4.78 is 48.0. The third-order valence-electron chi connectivity index (χ3n) is 3.39. The molecule has 24 heavy (non-hydrogen) atoms. The second-order valence-electron chi connectivity index (χ2n) is 5.09. The van der Waals surface area contributed by atoms with Crippen molar-refractivity contribution >= 4 is 18.0 Å². The van der Waals surface area contributed by atoms with Crippen LogP contribution in [0.3, 0.4) is 0 Å². The number of aliphatic carboxylic acids is 1. The SMILES string of the molecule is CCOC(=O)COCCNC(=O)N1C[C@@H](C(F)(F)F)[C@H](C(=O)O)C1. The smallest absolute Gasteiger partial charge is 0.394 e. The number of alkyl halides is 3. The zero-order chi connectivity index (χ0) is 18.3. The molecule has 0 bridgehead atoms. The molecule has 0 radical (unpaired) electrons. The summed E-state index contributed by atoms with van der Waals surface area (Å²) in [7, 11) is 0. The normalized spacial score (nSPS) is 20.8. The summed E-state index contributed by atoms with van der Waals surface area (Å²) >= 11 is 0. The Kier molecular flexibility index (Phi) is 7.26. The van der Waals surface area contributed by atoms with Crippen molar-refractivity contribution in [2.75, 3.05) is 39.5 Å². The van der Waals surface area contributed by atoms with E-state index in [1.54, 1.807) is 6.92 Å². The lowest BCUT2D eigenvalue weighted by Crippen LogP contribution is -2.41. The molecular weight excluding hydrogens is 337 g/mol. The van der Waals surface area contributed by atoms with Crippen LogP contribution < -0.4 is 5.32 Å². The summed E-state index contributed by atoms with van der Waals surface area (Å²) in [6.45, 7) is 0.230. The van der Waals surface area contributed by atoms with Gasteiger partial charge in [0.2, 0.25) is 0 Å². The molecule has 1 fully saturated rings. The largest absolute Gasteiger partial charge is 0.481 e. The molecule has 1 heterocycles. The molecule has 2 amide bonds. The highest BCUT2D eigenvalue weighted by atomic mass is 19.4. The van der Waals surface area contributed by atoms with Gasteiger partial charge in [-0.25, -0.2) is 9.59 Å². The minimum Gasteiger partial charge on any atom is -0.481 e. The monoisotopic (exact) mass is 356 g/mol. The maximum atomic E-state index is 12.8. The number of urea groups is 1. The summed E-state index contributed by atoms with van der Waals surface area (Å²) in [4.78, 5) is 34.5. The summed E-state index contributed by atoms with van der Waals surface area (Å²) in [5, 5.41) is 11.2. The number of nitrogens with zero attached hydrogens (tertiary/aromatic N) is 1. The van der Waals surface area contributed by atoms with Gasteiger partial charge >= 0.3 is 24.1 Å². The van der Waals surface area contributed by atoms with Crippen LogP contribution >= 0.6 is 0 Å². The Morgan fingerprint density at radius 2 is 1.96 bits per heavy atom. The van der Waals surface area contributed by atoms with E-state index in [2.05, 4.69) is 10.1 Å². The molecule has 1 saturated heterocycles. The number of ether oxygens (including phenoxy) is 2. The van der Waals surface area contributed by atoms with Crippen molar-refractivity contribution in [3.05, 3.63) is 0 Å². The van der Waals surface area contributed by atoms with E-state index in [1.165, 1.54) is 0 Å². The van der Waals surface area contributed by atoms with Gasteiger partial charge in [0.05, 0.1) is 25.0 Å². The van der Waals surface area contributed by atoms with Crippen molar-refractivity contribution < 1.29 is 42.1 Å². The number of hydrogen-bond donors (Lipinski definition) is 2. The third-order valence-corrected chi connectivity index (χ3v) is 3.39. The number of carboxylic acids is 1. The van der Waals surface area contributed by atoms with Gasteiger partial charge in [0.1, 0.15) is 6.61 Å². The molecule has 2 N–H and O–H groups in total. The number of nitrogens with one attached hydrogen (secondary N) is 1. The van der Waals surface area contributed by atoms with Gasteiger partial charge in [-0.3, -0.25) is 4.79 Å². The van der Waals surface area contributed by atoms with Gasteiger partial charge in [-0.2, -0.15) is 13.2 Å². The predicted molar refractivity (Wildman–Crippen MR) is 73.1 cm³/mol. The Morgan fingerprint density at radius 1 is 1.29 bits per heavy atom. The Bertz CT molecular complexity index is 471. The summed E-state index contributed by atoms with van der Waals surface area (Å²) in [5.41, 5.74) is 0. The molecule has 1 aliphatic heterocycles. The zero-order valence-electron chi connectivity index (χ0n) is 13.0. The van der Waals surface area contributed by atoms with Crippen molar-refractivity contribution in [2.45, 2.75) is 13.1 Å². The minimum absolute atomic E-state index is 0.0382. The van der Waals surface area contributed by atoms with Crippen LogP contribution in [0, 0.1) is 11.8 Å². The van der Waals surface area contributed by atoms with Crippen LogP contribution in [0.4, 0.5) is 18.0 Å². The molecule has 1 aliphatic rings. The Balaban J connectivity index is 2.38. The van der Waals surface area contributed by atoms with Crippen LogP contribution in [-0.2, 0) is 19.1 Å². The Labute approximate surface area is 135 Å². The van der Waals surface area contributed by atoms with E-state index in [4.69, 9.17) is 9.84 Å². The first kappa shape index (κ1) is 20.0. The number of amides is 2. The average molecular weight is 356 g/mol. The van der Waals surface area contributed by atoms with E-state index in [9.17, 15) is 27.6 Å². The van der Waals surface area contributed by atoms with Crippen molar-refractivity contribution in [3.63, 3.8) is 0 Å². The number of carboxylic acid groups (broad SMARTS) is 1. The lowest BCUT2D eigenvalue weighted by Gasteiger charge is -2.18. The van der Waals surface area contributed by atoms with Gasteiger partial charge in [0.25, 0.3) is 0 Å². The van der Waals surface area contributed by atoms with E-state index >= 15 is 0 Å². The average Bonchev–Trinajstić information content (AvgIpc) is 2.92. The first-order valence-corrected chi connectivity index (χ1v) is 7.22. The fraction of sp³-hybridized carbons (Fsp3) is 0.769. The number of carbonyl (C=O) groups excluding carboxylic acids is 2. The van der Waals surface area contributed by atoms with Crippen molar-refractivity contribution in [3.8, 4) is 0 Å². The van der Waals surface area contributed by atoms with Crippen LogP contribution in [0.25, 0.3) is 0 Å². The molecule has 0 aliphatic carbocycles. The van der Waals surface area contributed by atoms with E-state index in [-0.39, 0.29) is 26.4 Å². The number of halogens is 3. The Hall–Kier alpha value is -2.04. The number of hydrogen-bond acceptors (Lipinski definition) is 5. The lowest BCUT2D eigenvalue weighted by molar-refractivity contribution is -0.187. The third kappa shape index (κ3) is 5.87. The first-order valence-electron chi connectivity index (χ1n) is 7.22. The van der Waals surface area contributed by atoms with Gasteiger partial charge < -0.3 is 24.8 Å². The highest BCUT2D eigenvalue weighted by Crippen LogP contribution is 2.37. The van der Waals surface area contributed by atoms with Gasteiger partial charge in [0.15, 0.2) is 0 Å². The number of rotatable bonds is 7. The van der Waals surface area contributed by atoms with E-state index in [0.29, 0.717) is 0 Å². The molecule has 0 spiro atoms. The quantitative estimate of drug-likeness (QED) is 0.508. The molecule has 0 unspecified atom stereocenters. The van der Waals surface area contributed by atoms with Gasteiger partial charge in [-0.05, 0) is 6.92 Å². The van der Waals surface area contributed by atoms with Crippen LogP contribution in [0.2, 0.25) is 0 Å². The fourth-order valence-corrected chi connectivity index (χ4v) is 2.25. The molecular formula is C13H19F3N2O6. The van der Waals surface area contributed by atoms with Gasteiger partial charge in [-0.1, -0.05) is 0 Å². The molecule has 1 rings (SSSR count). The molecule has 11 heteroatoms. The maximum absolute atomic E-state index is 12.8. The van der Waals surface area contributed by atoms with E-state index in [0.717, 1.165) is 4.90 Å². The Morgan fingerprint density at radius 3 is 2.46 bits per heavy atom. The second kappa shape index (κ2) is 8.71. The van der Waals surface area contributed by atoms with Crippen molar-refractivity contribution in [1.82, 2.24) is 10.2 Å². The number of likely N-dealkylation sites (tertiary alicyclic amines) is 1. The lowest BCUT2D eigenvalue weighted by atomic mass is 9.96. The summed E-state index contributed by atoms with van der Waals surface area (Å²) in [6.07, 6.45) is -4.69. The van der Waals surface area contributed by atoms with Gasteiger partial charge in [-0.15, -0.1) is 0 Å². The van der Waals surface area contributed by atoms with Crippen LogP contribution in [0.1, 0.15) is 6.92 Å². The van der Waals surface area contributed by atoms with Gasteiger partial charge in [0, 0.05) is 19.6 Å². The topological polar surface area (TPSA) is 105 Å². The predicted octanol–water partition coefficient (Wildman–Crippen LogP) is 0.471. The first-order chi connectivity index (χ1) is 11.2. The molecule has 2 atom stereocenters. The summed E-state index contributed by atoms with van der Waals surface area (Å²) in [5.74, 6) is -5.94. The van der Waals surface area contributed by atoms with Crippen LogP contribution in [-0.4, -0.2) is 73.6 Å². The highest BCUT2D eigenvalue weighted by Gasteiger charge is 2.53. The highest BCUT2D eigenvalue weighted by molar-refractivity contribution is 5.77. The van der Waals surface area contributed by atoms with E-state index in [1.807, 2.05) is 0 Å². The molecule has 0 aromatic heterocycles. The maximum Gasteiger partial charge on any atom is 0.394 e. The van der Waals surface area contributed by atoms with Crippen molar-refractivity contribution in [1.29, 1.82) is 0 Å². The molecule has 0 saturated carbocycles.